The SMILES string of the molecule is CC(C)(C)OC(=O)N1Cc2nc(-c3ccc(CN)cc3)oc2C1. The van der Waals surface area contributed by atoms with Crippen molar-refractivity contribution < 1.29 is 13.9 Å². The number of ether oxygens (including phenoxy) is 1. The molecule has 122 valence electrons. The fraction of sp³-hybridized carbons (Fsp3) is 0.412. The third kappa shape index (κ3) is 3.37. The number of hydrogen-bond acceptors (Lipinski definition) is 5. The molecule has 23 heavy (non-hydrogen) atoms. The molecular weight excluding hydrogens is 294 g/mol. The van der Waals surface area contributed by atoms with E-state index in [9.17, 15) is 4.79 Å². The van der Waals surface area contributed by atoms with Crippen LogP contribution in [-0.4, -0.2) is 21.6 Å². The number of aromatic nitrogens is 1. The van der Waals surface area contributed by atoms with Crippen molar-refractivity contribution in [2.24, 2.45) is 5.73 Å². The zero-order valence-corrected chi connectivity index (χ0v) is 13.6. The number of carbonyl (C=O) groups excluding carboxylic acids is 1. The van der Waals surface area contributed by atoms with Gasteiger partial charge in [-0.2, -0.15) is 0 Å². The van der Waals surface area contributed by atoms with Crippen molar-refractivity contribution in [1.82, 2.24) is 9.88 Å². The minimum Gasteiger partial charge on any atom is -0.444 e. The Hall–Kier alpha value is -2.34. The summed E-state index contributed by atoms with van der Waals surface area (Å²) in [5.41, 5.74) is 7.83. The molecule has 2 aromatic rings. The number of fused-ring (bicyclic) bond motifs is 1. The lowest BCUT2D eigenvalue weighted by atomic mass is 10.1. The topological polar surface area (TPSA) is 81.6 Å². The number of nitrogens with zero attached hydrogens (tertiary/aromatic N) is 2. The molecule has 0 fully saturated rings. The molecule has 1 aliphatic heterocycles. The molecule has 0 saturated heterocycles. The van der Waals surface area contributed by atoms with Crippen LogP contribution in [-0.2, 0) is 24.4 Å². The first-order chi connectivity index (χ1) is 10.9. The van der Waals surface area contributed by atoms with Gasteiger partial charge in [-0.1, -0.05) is 12.1 Å². The highest BCUT2D eigenvalue weighted by atomic mass is 16.6. The summed E-state index contributed by atoms with van der Waals surface area (Å²) in [6, 6.07) is 7.79. The van der Waals surface area contributed by atoms with Crippen molar-refractivity contribution in [3.63, 3.8) is 0 Å². The van der Waals surface area contributed by atoms with E-state index in [1.54, 1.807) is 4.90 Å². The highest BCUT2D eigenvalue weighted by molar-refractivity contribution is 5.69. The molecule has 6 heteroatoms. The van der Waals surface area contributed by atoms with Crippen LogP contribution in [0.15, 0.2) is 28.7 Å². The van der Waals surface area contributed by atoms with Crippen LogP contribution in [0.2, 0.25) is 0 Å². The van der Waals surface area contributed by atoms with Gasteiger partial charge in [-0.3, -0.25) is 4.90 Å². The molecular formula is C17H21N3O3. The van der Waals surface area contributed by atoms with E-state index in [1.807, 2.05) is 45.0 Å². The highest BCUT2D eigenvalue weighted by Gasteiger charge is 2.31. The number of amides is 1. The number of hydrogen-bond donors (Lipinski definition) is 1. The number of carbonyl (C=O) groups is 1. The smallest absolute Gasteiger partial charge is 0.411 e. The number of nitrogens with two attached hydrogens (primary N) is 1. The second-order valence-corrected chi connectivity index (χ2v) is 6.63. The maximum atomic E-state index is 12.1. The summed E-state index contributed by atoms with van der Waals surface area (Å²) < 4.78 is 11.2. The summed E-state index contributed by atoms with van der Waals surface area (Å²) in [5, 5.41) is 0. The zero-order valence-electron chi connectivity index (χ0n) is 13.6. The minimum atomic E-state index is -0.510. The third-order valence-corrected chi connectivity index (χ3v) is 3.54. The largest absolute Gasteiger partial charge is 0.444 e. The van der Waals surface area contributed by atoms with E-state index in [-0.39, 0.29) is 6.09 Å². The quantitative estimate of drug-likeness (QED) is 0.921. The van der Waals surface area contributed by atoms with Crippen LogP contribution in [0.3, 0.4) is 0 Å². The van der Waals surface area contributed by atoms with Gasteiger partial charge in [-0.15, -0.1) is 0 Å². The first kappa shape index (κ1) is 15.6. The summed E-state index contributed by atoms with van der Waals surface area (Å²) in [6.45, 7) is 6.85. The average Bonchev–Trinajstić information content (AvgIpc) is 3.04. The molecule has 0 unspecified atom stereocenters. The van der Waals surface area contributed by atoms with Crippen LogP contribution < -0.4 is 5.73 Å². The lowest BCUT2D eigenvalue weighted by molar-refractivity contribution is 0.0232. The van der Waals surface area contributed by atoms with Gasteiger partial charge < -0.3 is 14.9 Å². The van der Waals surface area contributed by atoms with E-state index in [0.717, 1.165) is 16.8 Å². The normalized spacial score (nSPS) is 14.0. The van der Waals surface area contributed by atoms with Gasteiger partial charge in [0.2, 0.25) is 5.89 Å². The summed E-state index contributed by atoms with van der Waals surface area (Å²) in [6.07, 6.45) is -0.348. The lowest BCUT2D eigenvalue weighted by Crippen LogP contribution is -2.33. The number of benzene rings is 1. The van der Waals surface area contributed by atoms with Crippen molar-refractivity contribution in [2.45, 2.75) is 46.0 Å². The van der Waals surface area contributed by atoms with Crippen molar-refractivity contribution in [3.05, 3.63) is 41.3 Å². The Bertz CT molecular complexity index is 690. The molecule has 1 aromatic carbocycles. The molecule has 0 radical (unpaired) electrons. The molecule has 1 aromatic heterocycles. The van der Waals surface area contributed by atoms with E-state index < -0.39 is 5.60 Å². The fourth-order valence-corrected chi connectivity index (χ4v) is 2.40. The Labute approximate surface area is 135 Å². The number of rotatable bonds is 2. The van der Waals surface area contributed by atoms with Crippen LogP contribution >= 0.6 is 0 Å². The van der Waals surface area contributed by atoms with E-state index in [4.69, 9.17) is 14.9 Å². The Morgan fingerprint density at radius 3 is 2.57 bits per heavy atom. The Morgan fingerprint density at radius 1 is 1.30 bits per heavy atom. The molecule has 0 saturated carbocycles. The van der Waals surface area contributed by atoms with Gasteiger partial charge in [-0.25, -0.2) is 9.78 Å². The van der Waals surface area contributed by atoms with Gasteiger partial charge in [0.1, 0.15) is 17.1 Å². The number of oxazole rings is 1. The maximum absolute atomic E-state index is 12.1. The second-order valence-electron chi connectivity index (χ2n) is 6.63. The van der Waals surface area contributed by atoms with Gasteiger partial charge in [0.25, 0.3) is 0 Å². The van der Waals surface area contributed by atoms with Gasteiger partial charge in [0.05, 0.1) is 13.1 Å². The van der Waals surface area contributed by atoms with Gasteiger partial charge in [0.15, 0.2) is 0 Å². The molecule has 2 heterocycles. The molecule has 6 nitrogen and oxygen atoms in total. The lowest BCUT2D eigenvalue weighted by Gasteiger charge is -2.23. The van der Waals surface area contributed by atoms with Gasteiger partial charge in [0, 0.05) is 12.1 Å². The highest BCUT2D eigenvalue weighted by Crippen LogP contribution is 2.29. The molecule has 1 amide bonds. The average molecular weight is 315 g/mol. The molecule has 0 spiro atoms. The van der Waals surface area contributed by atoms with Crippen LogP contribution in [0.4, 0.5) is 4.79 Å². The van der Waals surface area contributed by atoms with Crippen LogP contribution in [0.5, 0.6) is 0 Å². The fourth-order valence-electron chi connectivity index (χ4n) is 2.40. The molecule has 2 N–H and O–H groups in total. The third-order valence-electron chi connectivity index (χ3n) is 3.54. The van der Waals surface area contributed by atoms with Crippen LogP contribution in [0, 0.1) is 0 Å². The standard InChI is InChI=1S/C17H21N3O3/c1-17(2,3)23-16(21)20-9-13-14(10-20)22-15(19-13)12-6-4-11(8-18)5-7-12/h4-7H,8-10,18H2,1-3H3. The Morgan fingerprint density at radius 2 is 2.00 bits per heavy atom. The van der Waals surface area contributed by atoms with Crippen molar-refractivity contribution in [2.75, 3.05) is 0 Å². The van der Waals surface area contributed by atoms with Gasteiger partial charge >= 0.3 is 6.09 Å². The van der Waals surface area contributed by atoms with E-state index in [2.05, 4.69) is 4.98 Å². The first-order valence-corrected chi connectivity index (χ1v) is 7.61. The monoisotopic (exact) mass is 315 g/mol. The minimum absolute atomic E-state index is 0.348. The summed E-state index contributed by atoms with van der Waals surface area (Å²) >= 11 is 0. The summed E-state index contributed by atoms with van der Waals surface area (Å²) in [5.74, 6) is 1.29. The molecule has 0 atom stereocenters. The predicted molar refractivity (Wildman–Crippen MR) is 85.3 cm³/mol. The summed E-state index contributed by atoms with van der Waals surface area (Å²) in [4.78, 5) is 18.2. The van der Waals surface area contributed by atoms with Crippen molar-refractivity contribution in [3.8, 4) is 11.5 Å². The van der Waals surface area contributed by atoms with E-state index in [1.165, 1.54) is 0 Å². The van der Waals surface area contributed by atoms with Crippen molar-refractivity contribution in [1.29, 1.82) is 0 Å². The van der Waals surface area contributed by atoms with Crippen LogP contribution in [0.25, 0.3) is 11.5 Å². The first-order valence-electron chi connectivity index (χ1n) is 7.61. The second kappa shape index (κ2) is 5.70. The van der Waals surface area contributed by atoms with Gasteiger partial charge in [-0.05, 0) is 38.5 Å². The molecule has 0 aliphatic carbocycles. The molecule has 1 aliphatic rings. The summed E-state index contributed by atoms with van der Waals surface area (Å²) in [7, 11) is 0. The predicted octanol–water partition coefficient (Wildman–Crippen LogP) is 3.05. The molecule has 3 rings (SSSR count). The molecule has 0 bridgehead atoms. The van der Waals surface area contributed by atoms with Crippen molar-refractivity contribution >= 4 is 6.09 Å². The Kier molecular flexibility index (Phi) is 3.85. The Balaban J connectivity index is 1.71. The van der Waals surface area contributed by atoms with E-state index >= 15 is 0 Å². The maximum Gasteiger partial charge on any atom is 0.411 e. The zero-order chi connectivity index (χ0) is 16.6. The van der Waals surface area contributed by atoms with Crippen LogP contribution in [0.1, 0.15) is 37.8 Å². The van der Waals surface area contributed by atoms with E-state index in [0.29, 0.717) is 31.3 Å².